The van der Waals surface area contributed by atoms with Crippen molar-refractivity contribution in [2.45, 2.75) is 38.6 Å². The molecule has 0 unspecified atom stereocenters. The first-order valence-corrected chi connectivity index (χ1v) is 10.6. The highest BCUT2D eigenvalue weighted by atomic mass is 16.2. The second kappa shape index (κ2) is 8.78. The van der Waals surface area contributed by atoms with Gasteiger partial charge < -0.3 is 10.2 Å². The predicted octanol–water partition coefficient (Wildman–Crippen LogP) is 3.41. The molecule has 1 N–H and O–H groups in total. The van der Waals surface area contributed by atoms with Gasteiger partial charge in [-0.2, -0.15) is 0 Å². The Hall–Kier alpha value is -2.66. The largest absolute Gasteiger partial charge is 0.341 e. The van der Waals surface area contributed by atoms with E-state index < -0.39 is 0 Å². The molecule has 4 rings (SSSR count). The van der Waals surface area contributed by atoms with Crippen molar-refractivity contribution in [1.82, 2.24) is 9.80 Å². The number of carbonyl (C=O) groups excluding carboxylic acids is 2. The molecule has 2 aliphatic rings. The number of benzene rings is 2. The monoisotopic (exact) mass is 391 g/mol. The summed E-state index contributed by atoms with van der Waals surface area (Å²) in [6, 6.07) is 15.7. The lowest BCUT2D eigenvalue weighted by Crippen LogP contribution is -2.47. The van der Waals surface area contributed by atoms with Crippen LogP contribution in [0.15, 0.2) is 48.5 Å². The van der Waals surface area contributed by atoms with Gasteiger partial charge in [0, 0.05) is 25.3 Å². The number of fused-ring (bicyclic) bond motifs is 1. The summed E-state index contributed by atoms with van der Waals surface area (Å²) in [5, 5.41) is 3.01. The molecule has 1 atom stereocenters. The molecule has 152 valence electrons. The normalized spacial score (nSPS) is 19.1. The molecule has 5 heteroatoms. The van der Waals surface area contributed by atoms with E-state index in [1.807, 2.05) is 46.2 Å². The maximum absolute atomic E-state index is 13.3. The maximum atomic E-state index is 13.3. The first kappa shape index (κ1) is 19.6. The van der Waals surface area contributed by atoms with E-state index in [9.17, 15) is 9.59 Å². The van der Waals surface area contributed by atoms with Gasteiger partial charge >= 0.3 is 0 Å². The summed E-state index contributed by atoms with van der Waals surface area (Å²) in [7, 11) is 0. The molecule has 0 aliphatic carbocycles. The van der Waals surface area contributed by atoms with E-state index in [4.69, 9.17) is 0 Å². The minimum absolute atomic E-state index is 0.0724. The SMILES string of the molecule is CCc1cccc(NC(=O)CN2CCc3ccccc3[C@@H]2C(=O)N2CCCC2)c1. The molecule has 0 saturated carbocycles. The first-order chi connectivity index (χ1) is 14.2. The lowest BCUT2D eigenvalue weighted by atomic mass is 9.91. The molecule has 5 nitrogen and oxygen atoms in total. The Morgan fingerprint density at radius 1 is 1.03 bits per heavy atom. The molecule has 29 heavy (non-hydrogen) atoms. The van der Waals surface area contributed by atoms with Gasteiger partial charge in [-0.05, 0) is 54.5 Å². The van der Waals surface area contributed by atoms with Crippen LogP contribution in [0.5, 0.6) is 0 Å². The molecule has 2 aliphatic heterocycles. The van der Waals surface area contributed by atoms with E-state index in [0.717, 1.165) is 50.0 Å². The third-order valence-corrected chi connectivity index (χ3v) is 6.00. The Labute approximate surface area is 172 Å². The molecule has 2 heterocycles. The van der Waals surface area contributed by atoms with Crippen molar-refractivity contribution in [2.24, 2.45) is 0 Å². The topological polar surface area (TPSA) is 52.7 Å². The Bertz CT molecular complexity index is 889. The predicted molar refractivity (Wildman–Crippen MR) is 115 cm³/mol. The zero-order chi connectivity index (χ0) is 20.2. The van der Waals surface area contributed by atoms with Crippen LogP contribution in [0.2, 0.25) is 0 Å². The molecule has 0 radical (unpaired) electrons. The third-order valence-electron chi connectivity index (χ3n) is 6.00. The molecule has 2 aromatic rings. The van der Waals surface area contributed by atoms with E-state index in [1.165, 1.54) is 11.1 Å². The Kier molecular flexibility index (Phi) is 5.95. The van der Waals surface area contributed by atoms with E-state index in [2.05, 4.69) is 24.4 Å². The summed E-state index contributed by atoms with van der Waals surface area (Å²) in [6.45, 7) is 4.67. The molecule has 2 aromatic carbocycles. The van der Waals surface area contributed by atoms with Crippen molar-refractivity contribution >= 4 is 17.5 Å². The summed E-state index contributed by atoms with van der Waals surface area (Å²) in [4.78, 5) is 30.2. The molecule has 0 bridgehead atoms. The van der Waals surface area contributed by atoms with Crippen molar-refractivity contribution in [3.63, 3.8) is 0 Å². The van der Waals surface area contributed by atoms with Crippen molar-refractivity contribution in [2.75, 3.05) is 31.5 Å². The van der Waals surface area contributed by atoms with Crippen molar-refractivity contribution in [3.8, 4) is 0 Å². The molecular weight excluding hydrogens is 362 g/mol. The fourth-order valence-electron chi connectivity index (χ4n) is 4.44. The molecular formula is C24H29N3O2. The number of likely N-dealkylation sites (tertiary alicyclic amines) is 1. The summed E-state index contributed by atoms with van der Waals surface area (Å²) in [6.07, 6.45) is 3.92. The van der Waals surface area contributed by atoms with Crippen LogP contribution < -0.4 is 5.32 Å². The summed E-state index contributed by atoms with van der Waals surface area (Å²) < 4.78 is 0. The number of hydrogen-bond acceptors (Lipinski definition) is 3. The fourth-order valence-corrected chi connectivity index (χ4v) is 4.44. The van der Waals surface area contributed by atoms with Crippen molar-refractivity contribution in [1.29, 1.82) is 0 Å². The quantitative estimate of drug-likeness (QED) is 0.850. The molecule has 0 spiro atoms. The van der Waals surface area contributed by atoms with E-state index in [-0.39, 0.29) is 24.4 Å². The maximum Gasteiger partial charge on any atom is 0.244 e. The number of nitrogens with zero attached hydrogens (tertiary/aromatic N) is 2. The standard InChI is InChI=1S/C24H29N3O2/c1-2-18-8-7-10-20(16-18)25-22(28)17-27-15-12-19-9-3-4-11-21(19)23(27)24(29)26-13-5-6-14-26/h3-4,7-11,16,23H,2,5-6,12-15,17H2,1H3,(H,25,28)/t23-/m1/s1. The fraction of sp³-hybridized carbons (Fsp3) is 0.417. The van der Waals surface area contributed by atoms with Gasteiger partial charge in [-0.25, -0.2) is 0 Å². The zero-order valence-electron chi connectivity index (χ0n) is 17.1. The Morgan fingerprint density at radius 2 is 1.83 bits per heavy atom. The number of hydrogen-bond donors (Lipinski definition) is 1. The number of rotatable bonds is 5. The number of aryl methyl sites for hydroxylation is 1. The number of anilines is 1. The summed E-state index contributed by atoms with van der Waals surface area (Å²) in [5.74, 6) is 0.0623. The first-order valence-electron chi connectivity index (χ1n) is 10.6. The van der Waals surface area contributed by atoms with Crippen LogP contribution in [0.4, 0.5) is 5.69 Å². The second-order valence-electron chi connectivity index (χ2n) is 7.96. The highest BCUT2D eigenvalue weighted by Gasteiger charge is 2.37. The molecule has 1 fully saturated rings. The average molecular weight is 392 g/mol. The van der Waals surface area contributed by atoms with E-state index in [1.54, 1.807) is 0 Å². The van der Waals surface area contributed by atoms with Gasteiger partial charge in [0.15, 0.2) is 0 Å². The van der Waals surface area contributed by atoms with Gasteiger partial charge in [-0.1, -0.05) is 43.3 Å². The molecule has 0 aromatic heterocycles. The second-order valence-corrected chi connectivity index (χ2v) is 7.96. The van der Waals surface area contributed by atoms with Crippen LogP contribution in [0.3, 0.4) is 0 Å². The van der Waals surface area contributed by atoms with Gasteiger partial charge in [-0.15, -0.1) is 0 Å². The van der Waals surface area contributed by atoms with Crippen molar-refractivity contribution in [3.05, 3.63) is 65.2 Å². The summed E-state index contributed by atoms with van der Waals surface area (Å²) >= 11 is 0. The van der Waals surface area contributed by atoms with Crippen LogP contribution in [-0.4, -0.2) is 47.8 Å². The summed E-state index contributed by atoms with van der Waals surface area (Å²) in [5.41, 5.74) is 4.28. The van der Waals surface area contributed by atoms with Crippen LogP contribution >= 0.6 is 0 Å². The van der Waals surface area contributed by atoms with Gasteiger partial charge in [0.1, 0.15) is 6.04 Å². The van der Waals surface area contributed by atoms with Gasteiger partial charge in [0.05, 0.1) is 6.54 Å². The Morgan fingerprint density at radius 3 is 2.62 bits per heavy atom. The van der Waals surface area contributed by atoms with Crippen molar-refractivity contribution < 1.29 is 9.59 Å². The van der Waals surface area contributed by atoms with Gasteiger partial charge in [-0.3, -0.25) is 14.5 Å². The minimum Gasteiger partial charge on any atom is -0.341 e. The van der Waals surface area contributed by atoms with Crippen LogP contribution in [-0.2, 0) is 22.4 Å². The number of amides is 2. The lowest BCUT2D eigenvalue weighted by Gasteiger charge is -2.37. The smallest absolute Gasteiger partial charge is 0.244 e. The number of carbonyl (C=O) groups is 2. The van der Waals surface area contributed by atoms with E-state index in [0.29, 0.717) is 6.54 Å². The van der Waals surface area contributed by atoms with Crippen LogP contribution in [0.1, 0.15) is 42.5 Å². The average Bonchev–Trinajstić information content (AvgIpc) is 3.28. The minimum atomic E-state index is -0.370. The third kappa shape index (κ3) is 4.35. The van der Waals surface area contributed by atoms with E-state index >= 15 is 0 Å². The number of nitrogens with one attached hydrogen (secondary N) is 1. The molecule has 2 amide bonds. The van der Waals surface area contributed by atoms with Crippen LogP contribution in [0, 0.1) is 0 Å². The van der Waals surface area contributed by atoms with Gasteiger partial charge in [0.25, 0.3) is 0 Å². The lowest BCUT2D eigenvalue weighted by molar-refractivity contribution is -0.137. The Balaban J connectivity index is 1.53. The van der Waals surface area contributed by atoms with Crippen LogP contribution in [0.25, 0.3) is 0 Å². The highest BCUT2D eigenvalue weighted by Crippen LogP contribution is 2.32. The molecule has 1 saturated heterocycles. The zero-order valence-corrected chi connectivity index (χ0v) is 17.1. The van der Waals surface area contributed by atoms with Gasteiger partial charge in [0.2, 0.25) is 11.8 Å². The highest BCUT2D eigenvalue weighted by molar-refractivity contribution is 5.93.